The highest BCUT2D eigenvalue weighted by molar-refractivity contribution is 5.37. The maximum Gasteiger partial charge on any atom is 0.225 e. The van der Waals surface area contributed by atoms with Gasteiger partial charge in [-0.2, -0.15) is 5.10 Å². The van der Waals surface area contributed by atoms with Crippen molar-refractivity contribution >= 4 is 5.95 Å². The Balaban J connectivity index is 1.38. The number of rotatable bonds is 5. The lowest BCUT2D eigenvalue weighted by Crippen LogP contribution is -2.40. The molecule has 2 fully saturated rings. The molecule has 7 heteroatoms. The SMILES string of the molecule is C=CCn1ncc(CN2C3CCC2c2cnc(N4CCOCC4)nc2C3)c1C. The van der Waals surface area contributed by atoms with E-state index in [-0.39, 0.29) is 0 Å². The van der Waals surface area contributed by atoms with Gasteiger partial charge in [0.25, 0.3) is 0 Å². The maximum absolute atomic E-state index is 5.46. The van der Waals surface area contributed by atoms with Crippen LogP contribution in [0.1, 0.15) is 41.4 Å². The Morgan fingerprint density at radius 3 is 2.93 bits per heavy atom. The van der Waals surface area contributed by atoms with Crippen molar-refractivity contribution in [2.45, 2.75) is 51.4 Å². The highest BCUT2D eigenvalue weighted by Gasteiger charge is 2.41. The molecule has 148 valence electrons. The first-order valence-electron chi connectivity index (χ1n) is 10.3. The largest absolute Gasteiger partial charge is 0.378 e. The van der Waals surface area contributed by atoms with Gasteiger partial charge < -0.3 is 9.64 Å². The Bertz CT molecular complexity index is 872. The fourth-order valence-electron chi connectivity index (χ4n) is 4.87. The molecule has 0 aliphatic carbocycles. The second kappa shape index (κ2) is 7.29. The molecule has 2 atom stereocenters. The minimum absolute atomic E-state index is 0.426. The molecule has 28 heavy (non-hydrogen) atoms. The number of hydrogen-bond acceptors (Lipinski definition) is 6. The number of aromatic nitrogens is 4. The number of anilines is 1. The molecular weight excluding hydrogens is 352 g/mol. The molecule has 7 nitrogen and oxygen atoms in total. The summed E-state index contributed by atoms with van der Waals surface area (Å²) in [6.07, 6.45) is 9.44. The third-order valence-electron chi connectivity index (χ3n) is 6.47. The van der Waals surface area contributed by atoms with Gasteiger partial charge in [-0.3, -0.25) is 9.58 Å². The van der Waals surface area contributed by atoms with Gasteiger partial charge >= 0.3 is 0 Å². The molecule has 5 heterocycles. The average Bonchev–Trinajstić information content (AvgIpc) is 3.21. The van der Waals surface area contributed by atoms with Gasteiger partial charge in [0, 0.05) is 61.2 Å². The summed E-state index contributed by atoms with van der Waals surface area (Å²) in [5, 5.41) is 4.53. The van der Waals surface area contributed by atoms with E-state index in [0.29, 0.717) is 12.1 Å². The van der Waals surface area contributed by atoms with E-state index in [9.17, 15) is 0 Å². The summed E-state index contributed by atoms with van der Waals surface area (Å²) in [4.78, 5) is 14.6. The Morgan fingerprint density at radius 2 is 2.11 bits per heavy atom. The fourth-order valence-corrected chi connectivity index (χ4v) is 4.87. The Hall–Kier alpha value is -2.25. The lowest BCUT2D eigenvalue weighted by atomic mass is 9.98. The summed E-state index contributed by atoms with van der Waals surface area (Å²) in [7, 11) is 0. The van der Waals surface area contributed by atoms with Gasteiger partial charge in [-0.15, -0.1) is 6.58 Å². The van der Waals surface area contributed by atoms with E-state index < -0.39 is 0 Å². The molecule has 2 unspecified atom stereocenters. The van der Waals surface area contributed by atoms with Gasteiger partial charge in [0.2, 0.25) is 5.95 Å². The van der Waals surface area contributed by atoms with Crippen molar-refractivity contribution in [1.82, 2.24) is 24.6 Å². The van der Waals surface area contributed by atoms with E-state index in [0.717, 1.165) is 51.8 Å². The molecule has 2 bridgehead atoms. The highest BCUT2D eigenvalue weighted by Crippen LogP contribution is 2.44. The van der Waals surface area contributed by atoms with Crippen LogP contribution in [-0.2, 0) is 24.2 Å². The molecule has 2 aromatic rings. The van der Waals surface area contributed by atoms with Gasteiger partial charge in [0.05, 0.1) is 31.6 Å². The molecule has 2 aromatic heterocycles. The summed E-state index contributed by atoms with van der Waals surface area (Å²) < 4.78 is 7.49. The van der Waals surface area contributed by atoms with Crippen molar-refractivity contribution in [1.29, 1.82) is 0 Å². The van der Waals surface area contributed by atoms with Crippen LogP contribution in [0.25, 0.3) is 0 Å². The predicted octanol–water partition coefficient (Wildman–Crippen LogP) is 2.27. The average molecular weight is 380 g/mol. The quantitative estimate of drug-likeness (QED) is 0.742. The third kappa shape index (κ3) is 3.02. The first-order chi connectivity index (χ1) is 13.7. The van der Waals surface area contributed by atoms with Crippen LogP contribution >= 0.6 is 0 Å². The van der Waals surface area contributed by atoms with Crippen molar-refractivity contribution in [2.24, 2.45) is 0 Å². The van der Waals surface area contributed by atoms with Crippen LogP contribution < -0.4 is 4.90 Å². The zero-order valence-electron chi connectivity index (χ0n) is 16.5. The predicted molar refractivity (Wildman–Crippen MR) is 107 cm³/mol. The molecule has 0 amide bonds. The first-order valence-corrected chi connectivity index (χ1v) is 10.3. The van der Waals surface area contributed by atoms with E-state index in [1.54, 1.807) is 0 Å². The Labute approximate surface area is 166 Å². The lowest BCUT2D eigenvalue weighted by molar-refractivity contribution is 0.122. The van der Waals surface area contributed by atoms with E-state index in [2.05, 4.69) is 34.6 Å². The van der Waals surface area contributed by atoms with Crippen molar-refractivity contribution in [3.8, 4) is 0 Å². The molecule has 2 saturated heterocycles. The number of hydrogen-bond donors (Lipinski definition) is 0. The van der Waals surface area contributed by atoms with Crippen LogP contribution in [0.5, 0.6) is 0 Å². The lowest BCUT2D eigenvalue weighted by Gasteiger charge is -2.36. The van der Waals surface area contributed by atoms with Gasteiger partial charge in [-0.25, -0.2) is 9.97 Å². The highest BCUT2D eigenvalue weighted by atomic mass is 16.5. The van der Waals surface area contributed by atoms with E-state index in [4.69, 9.17) is 14.7 Å². The van der Waals surface area contributed by atoms with E-state index in [1.165, 1.54) is 35.4 Å². The minimum atomic E-state index is 0.426. The van der Waals surface area contributed by atoms with Crippen LogP contribution in [0.4, 0.5) is 5.95 Å². The van der Waals surface area contributed by atoms with Crippen LogP contribution in [0.2, 0.25) is 0 Å². The van der Waals surface area contributed by atoms with Crippen LogP contribution in [0.15, 0.2) is 25.0 Å². The molecule has 0 saturated carbocycles. The number of ether oxygens (including phenoxy) is 1. The smallest absolute Gasteiger partial charge is 0.225 e. The standard InChI is InChI=1S/C21H28N6O/c1-3-6-27-15(2)16(12-23-27)14-26-17-4-5-20(26)18-13-22-21(24-19(18)11-17)25-7-9-28-10-8-25/h3,12-13,17,20H,1,4-11,14H2,2H3. The Kier molecular flexibility index (Phi) is 4.64. The van der Waals surface area contributed by atoms with Gasteiger partial charge in [-0.05, 0) is 19.8 Å². The molecule has 0 N–H and O–H groups in total. The molecule has 5 rings (SSSR count). The molecule has 3 aliphatic heterocycles. The second-order valence-corrected chi connectivity index (χ2v) is 8.02. The zero-order valence-corrected chi connectivity index (χ0v) is 16.5. The number of nitrogens with zero attached hydrogens (tertiary/aromatic N) is 6. The van der Waals surface area contributed by atoms with Crippen molar-refractivity contribution in [3.05, 3.63) is 47.6 Å². The van der Waals surface area contributed by atoms with E-state index in [1.807, 2.05) is 17.0 Å². The third-order valence-corrected chi connectivity index (χ3v) is 6.47. The normalized spacial score (nSPS) is 24.4. The summed E-state index contributed by atoms with van der Waals surface area (Å²) >= 11 is 0. The maximum atomic E-state index is 5.46. The molecule has 0 aromatic carbocycles. The van der Waals surface area contributed by atoms with Gasteiger partial charge in [0.15, 0.2) is 0 Å². The monoisotopic (exact) mass is 380 g/mol. The fraction of sp³-hybridized carbons (Fsp3) is 0.571. The van der Waals surface area contributed by atoms with Gasteiger partial charge in [-0.1, -0.05) is 6.08 Å². The number of allylic oxidation sites excluding steroid dienone is 1. The van der Waals surface area contributed by atoms with Crippen LogP contribution in [0.3, 0.4) is 0 Å². The van der Waals surface area contributed by atoms with Crippen molar-refractivity contribution in [2.75, 3.05) is 31.2 Å². The zero-order chi connectivity index (χ0) is 19.1. The molecule has 3 aliphatic rings. The Morgan fingerprint density at radius 1 is 1.25 bits per heavy atom. The summed E-state index contributed by atoms with van der Waals surface area (Å²) in [5.74, 6) is 0.872. The first kappa shape index (κ1) is 17.8. The molecule has 0 radical (unpaired) electrons. The molecular formula is C21H28N6O. The number of fused-ring (bicyclic) bond motifs is 4. The summed E-state index contributed by atoms with van der Waals surface area (Å²) in [5.41, 5.74) is 5.12. The summed E-state index contributed by atoms with van der Waals surface area (Å²) in [6.45, 7) is 11.0. The van der Waals surface area contributed by atoms with Crippen molar-refractivity contribution in [3.63, 3.8) is 0 Å². The van der Waals surface area contributed by atoms with E-state index >= 15 is 0 Å². The van der Waals surface area contributed by atoms with Crippen LogP contribution in [0, 0.1) is 6.92 Å². The summed E-state index contributed by atoms with van der Waals surface area (Å²) in [6, 6.07) is 0.988. The van der Waals surface area contributed by atoms with Crippen molar-refractivity contribution < 1.29 is 4.74 Å². The van der Waals surface area contributed by atoms with Gasteiger partial charge in [0.1, 0.15) is 0 Å². The number of morpholine rings is 1. The molecule has 0 spiro atoms. The topological polar surface area (TPSA) is 59.3 Å². The van der Waals surface area contributed by atoms with Crippen LogP contribution in [-0.4, -0.2) is 57.0 Å². The second-order valence-electron chi connectivity index (χ2n) is 8.02. The minimum Gasteiger partial charge on any atom is -0.378 e.